The number of likely N-dealkylation sites (tertiary alicyclic amines) is 1. The normalized spacial score (nSPS) is 21.9. The molecule has 0 radical (unpaired) electrons. The van der Waals surface area contributed by atoms with Crippen molar-refractivity contribution < 1.29 is 23.2 Å². The standard InChI is InChI=1S/C7H7F2NO3/c1-4(11)10-2-5(12)7(8,9)6(13)3-10/h2-3H2,1H3. The van der Waals surface area contributed by atoms with Crippen LogP contribution in [0.15, 0.2) is 0 Å². The zero-order valence-electron chi connectivity index (χ0n) is 6.84. The molecule has 0 aliphatic carbocycles. The van der Waals surface area contributed by atoms with Crippen LogP contribution < -0.4 is 0 Å². The molecule has 1 rings (SSSR count). The van der Waals surface area contributed by atoms with E-state index in [4.69, 9.17) is 0 Å². The Morgan fingerprint density at radius 2 is 1.69 bits per heavy atom. The monoisotopic (exact) mass is 191 g/mol. The number of carbonyl (C=O) groups is 3. The van der Waals surface area contributed by atoms with Crippen molar-refractivity contribution in [1.82, 2.24) is 4.90 Å². The molecule has 0 aromatic heterocycles. The van der Waals surface area contributed by atoms with Gasteiger partial charge in [-0.2, -0.15) is 8.78 Å². The summed E-state index contributed by atoms with van der Waals surface area (Å²) in [5, 5.41) is 0. The summed E-state index contributed by atoms with van der Waals surface area (Å²) in [6.07, 6.45) is 0. The van der Waals surface area contributed by atoms with Crippen LogP contribution in [0.4, 0.5) is 8.78 Å². The highest BCUT2D eigenvalue weighted by molar-refractivity contribution is 6.13. The molecule has 1 aliphatic heterocycles. The van der Waals surface area contributed by atoms with Crippen LogP contribution in [-0.2, 0) is 14.4 Å². The van der Waals surface area contributed by atoms with Gasteiger partial charge in [0.1, 0.15) is 0 Å². The summed E-state index contributed by atoms with van der Waals surface area (Å²) < 4.78 is 25.2. The second-order valence-electron chi connectivity index (χ2n) is 2.80. The lowest BCUT2D eigenvalue weighted by molar-refractivity contribution is -0.166. The first-order valence-corrected chi connectivity index (χ1v) is 3.55. The smallest absolute Gasteiger partial charge is 0.328 e. The fourth-order valence-corrected chi connectivity index (χ4v) is 0.979. The third kappa shape index (κ3) is 1.56. The second-order valence-corrected chi connectivity index (χ2v) is 2.80. The van der Waals surface area contributed by atoms with Crippen LogP contribution in [0.1, 0.15) is 6.92 Å². The van der Waals surface area contributed by atoms with Gasteiger partial charge in [0.2, 0.25) is 17.5 Å². The van der Waals surface area contributed by atoms with Crippen molar-refractivity contribution in [2.45, 2.75) is 12.8 Å². The summed E-state index contributed by atoms with van der Waals surface area (Å²) in [5.74, 6) is -7.50. The Labute approximate surface area is 72.5 Å². The Morgan fingerprint density at radius 3 is 2.00 bits per heavy atom. The number of ketones is 2. The lowest BCUT2D eigenvalue weighted by Crippen LogP contribution is -2.55. The average Bonchev–Trinajstić information content (AvgIpc) is 2.00. The molecule has 1 saturated heterocycles. The number of alkyl halides is 2. The topological polar surface area (TPSA) is 54.5 Å². The Morgan fingerprint density at radius 1 is 1.31 bits per heavy atom. The van der Waals surface area contributed by atoms with E-state index in [9.17, 15) is 23.2 Å². The number of hydrogen-bond acceptors (Lipinski definition) is 3. The van der Waals surface area contributed by atoms with Crippen LogP contribution in [0.5, 0.6) is 0 Å². The fraction of sp³-hybridized carbons (Fsp3) is 0.571. The predicted octanol–water partition coefficient (Wildman–Crippen LogP) is -0.378. The van der Waals surface area contributed by atoms with Gasteiger partial charge in [-0.25, -0.2) is 0 Å². The molecule has 1 amide bonds. The van der Waals surface area contributed by atoms with Crippen molar-refractivity contribution in [2.75, 3.05) is 13.1 Å². The van der Waals surface area contributed by atoms with Gasteiger partial charge in [0.15, 0.2) is 0 Å². The number of halogens is 2. The van der Waals surface area contributed by atoms with Crippen molar-refractivity contribution in [3.8, 4) is 0 Å². The van der Waals surface area contributed by atoms with Gasteiger partial charge in [-0.3, -0.25) is 14.4 Å². The first-order valence-electron chi connectivity index (χ1n) is 3.55. The maximum Gasteiger partial charge on any atom is 0.366 e. The molecule has 0 saturated carbocycles. The number of piperidine rings is 1. The van der Waals surface area contributed by atoms with Crippen molar-refractivity contribution in [1.29, 1.82) is 0 Å². The van der Waals surface area contributed by atoms with Gasteiger partial charge in [-0.05, 0) is 0 Å². The number of amides is 1. The first-order chi connectivity index (χ1) is 5.85. The Balaban J connectivity index is 2.86. The molecule has 1 fully saturated rings. The summed E-state index contributed by atoms with van der Waals surface area (Å²) in [6, 6.07) is 0. The summed E-state index contributed by atoms with van der Waals surface area (Å²) in [4.78, 5) is 32.8. The van der Waals surface area contributed by atoms with E-state index >= 15 is 0 Å². The molecule has 0 aromatic carbocycles. The van der Waals surface area contributed by atoms with E-state index in [1.54, 1.807) is 0 Å². The number of nitrogens with zero attached hydrogens (tertiary/aromatic N) is 1. The third-order valence-corrected chi connectivity index (χ3v) is 1.81. The van der Waals surface area contributed by atoms with E-state index in [2.05, 4.69) is 0 Å². The molecular formula is C7H7F2NO3. The third-order valence-electron chi connectivity index (χ3n) is 1.81. The predicted molar refractivity (Wildman–Crippen MR) is 37.2 cm³/mol. The highest BCUT2D eigenvalue weighted by atomic mass is 19.3. The summed E-state index contributed by atoms with van der Waals surface area (Å²) >= 11 is 0. The Kier molecular flexibility index (Phi) is 2.15. The molecule has 0 atom stereocenters. The molecule has 72 valence electrons. The summed E-state index contributed by atoms with van der Waals surface area (Å²) in [7, 11) is 0. The molecule has 0 aromatic rings. The van der Waals surface area contributed by atoms with Crippen molar-refractivity contribution in [3.63, 3.8) is 0 Å². The van der Waals surface area contributed by atoms with Gasteiger partial charge >= 0.3 is 5.92 Å². The number of hydrogen-bond donors (Lipinski definition) is 0. The van der Waals surface area contributed by atoms with Crippen LogP contribution in [0.3, 0.4) is 0 Å². The number of carbonyl (C=O) groups excluding carboxylic acids is 3. The lowest BCUT2D eigenvalue weighted by atomic mass is 10.0. The number of rotatable bonds is 0. The van der Waals surface area contributed by atoms with Gasteiger partial charge in [-0.1, -0.05) is 0 Å². The second kappa shape index (κ2) is 2.86. The van der Waals surface area contributed by atoms with E-state index < -0.39 is 36.5 Å². The Hall–Kier alpha value is -1.33. The zero-order chi connectivity index (χ0) is 10.2. The van der Waals surface area contributed by atoms with Crippen molar-refractivity contribution in [3.05, 3.63) is 0 Å². The van der Waals surface area contributed by atoms with E-state index in [-0.39, 0.29) is 0 Å². The molecule has 1 aliphatic rings. The zero-order valence-corrected chi connectivity index (χ0v) is 6.84. The van der Waals surface area contributed by atoms with Crippen LogP contribution in [0, 0.1) is 0 Å². The SMILES string of the molecule is CC(=O)N1CC(=O)C(F)(F)C(=O)C1. The molecule has 0 bridgehead atoms. The van der Waals surface area contributed by atoms with Gasteiger partial charge < -0.3 is 4.90 Å². The van der Waals surface area contributed by atoms with Crippen LogP contribution in [0.2, 0.25) is 0 Å². The fourth-order valence-electron chi connectivity index (χ4n) is 0.979. The van der Waals surface area contributed by atoms with E-state index in [0.29, 0.717) is 0 Å². The summed E-state index contributed by atoms with van der Waals surface area (Å²) in [6.45, 7) is -0.258. The van der Waals surface area contributed by atoms with Crippen LogP contribution >= 0.6 is 0 Å². The molecule has 4 nitrogen and oxygen atoms in total. The minimum Gasteiger partial charge on any atom is -0.328 e. The van der Waals surface area contributed by atoms with Crippen molar-refractivity contribution >= 4 is 17.5 Å². The largest absolute Gasteiger partial charge is 0.366 e. The molecule has 0 spiro atoms. The molecular weight excluding hydrogens is 184 g/mol. The van der Waals surface area contributed by atoms with Crippen LogP contribution in [-0.4, -0.2) is 41.4 Å². The molecule has 0 unspecified atom stereocenters. The van der Waals surface area contributed by atoms with Crippen molar-refractivity contribution in [2.24, 2.45) is 0 Å². The van der Waals surface area contributed by atoms with Crippen LogP contribution in [0.25, 0.3) is 0 Å². The highest BCUT2D eigenvalue weighted by Crippen LogP contribution is 2.21. The average molecular weight is 191 g/mol. The molecule has 6 heteroatoms. The van der Waals surface area contributed by atoms with Gasteiger partial charge in [0.05, 0.1) is 13.1 Å². The quantitative estimate of drug-likeness (QED) is 0.490. The lowest BCUT2D eigenvalue weighted by Gasteiger charge is -2.28. The van der Waals surface area contributed by atoms with Gasteiger partial charge in [0.25, 0.3) is 0 Å². The van der Waals surface area contributed by atoms with E-state index in [1.165, 1.54) is 0 Å². The van der Waals surface area contributed by atoms with E-state index in [1.807, 2.05) is 0 Å². The van der Waals surface area contributed by atoms with Gasteiger partial charge in [-0.15, -0.1) is 0 Å². The molecule has 0 N–H and O–H groups in total. The maximum absolute atomic E-state index is 12.6. The minimum atomic E-state index is -3.91. The summed E-state index contributed by atoms with van der Waals surface area (Å²) in [5.41, 5.74) is 0. The highest BCUT2D eigenvalue weighted by Gasteiger charge is 2.51. The minimum absolute atomic E-state index is 0.558. The molecule has 1 heterocycles. The maximum atomic E-state index is 12.6. The molecule has 13 heavy (non-hydrogen) atoms. The van der Waals surface area contributed by atoms with Gasteiger partial charge in [0, 0.05) is 6.92 Å². The first kappa shape index (κ1) is 9.76. The van der Waals surface area contributed by atoms with E-state index in [0.717, 1.165) is 11.8 Å². The number of Topliss-reactive ketones (excluding diaryl/α,β-unsaturated/α-hetero) is 2. The Bertz CT molecular complexity index is 267.